The number of rotatable bonds is 2. The van der Waals surface area contributed by atoms with Crippen LogP contribution in [0.15, 0.2) is 9.98 Å². The lowest BCUT2D eigenvalue weighted by molar-refractivity contribution is -0.269. The average Bonchev–Trinajstić information content (AvgIpc) is 2.25. The molecule has 0 amide bonds. The lowest BCUT2D eigenvalue weighted by Crippen LogP contribution is -2.75. The average molecular weight is 250 g/mol. The topological polar surface area (TPSA) is 99.3 Å². The Kier molecular flexibility index (Phi) is 2.20. The summed E-state index contributed by atoms with van der Waals surface area (Å²) >= 11 is 0. The van der Waals surface area contributed by atoms with Gasteiger partial charge < -0.3 is 10.2 Å². The van der Waals surface area contributed by atoms with Crippen LogP contribution in [0.4, 0.5) is 0 Å². The van der Waals surface area contributed by atoms with Crippen molar-refractivity contribution in [3.63, 3.8) is 0 Å². The molecule has 0 aliphatic heterocycles. The first-order chi connectivity index (χ1) is 8.49. The fraction of sp³-hybridized carbons (Fsp3) is 0.833. The second-order valence-corrected chi connectivity index (χ2v) is 5.93. The molecule has 96 valence electrons. The summed E-state index contributed by atoms with van der Waals surface area (Å²) in [5.74, 6) is 0.420. The lowest BCUT2D eigenvalue weighted by atomic mass is 9.47. The Bertz CT molecular complexity index is 478. The standard InChI is InChI=1S/C12H14N2O4/c15-6-13-10-2-8-1-9(3-10)5-11(17,4-8)12(10,18)14-7-16/h8-9,17-18H,1-5H2. The summed E-state index contributed by atoms with van der Waals surface area (Å²) in [5, 5.41) is 21.3. The molecule has 2 N–H and O–H groups in total. The molecule has 4 aliphatic rings. The van der Waals surface area contributed by atoms with Crippen LogP contribution in [0.3, 0.4) is 0 Å². The molecule has 0 aromatic rings. The molecule has 4 aliphatic carbocycles. The first kappa shape index (κ1) is 11.8. The van der Waals surface area contributed by atoms with E-state index < -0.39 is 16.9 Å². The zero-order valence-electron chi connectivity index (χ0n) is 9.80. The van der Waals surface area contributed by atoms with Gasteiger partial charge in [-0.2, -0.15) is 9.98 Å². The maximum atomic E-state index is 10.7. The molecule has 3 atom stereocenters. The molecule has 0 radical (unpaired) electrons. The van der Waals surface area contributed by atoms with Crippen LogP contribution >= 0.6 is 0 Å². The summed E-state index contributed by atoms with van der Waals surface area (Å²) in [6.45, 7) is 0. The lowest BCUT2D eigenvalue weighted by Gasteiger charge is -2.64. The van der Waals surface area contributed by atoms with E-state index in [4.69, 9.17) is 0 Å². The van der Waals surface area contributed by atoms with Gasteiger partial charge >= 0.3 is 0 Å². The van der Waals surface area contributed by atoms with Gasteiger partial charge in [0.05, 0.1) is 0 Å². The SMILES string of the molecule is O=C=NC12CC3CC(CC(O)(C3)C1(O)N=C=O)C2. The minimum atomic E-state index is -2.04. The van der Waals surface area contributed by atoms with Crippen molar-refractivity contribution in [2.24, 2.45) is 21.8 Å². The third kappa shape index (κ3) is 1.16. The normalized spacial score (nSPS) is 52.6. The van der Waals surface area contributed by atoms with Gasteiger partial charge in [-0.25, -0.2) is 9.59 Å². The monoisotopic (exact) mass is 250 g/mol. The zero-order chi connectivity index (χ0) is 13.0. The van der Waals surface area contributed by atoms with E-state index in [0.29, 0.717) is 25.7 Å². The molecule has 6 heteroatoms. The number of isocyanates is 2. The molecule has 4 rings (SSSR count). The van der Waals surface area contributed by atoms with Crippen molar-refractivity contribution in [3.05, 3.63) is 0 Å². The number of hydrogen-bond acceptors (Lipinski definition) is 6. The quantitative estimate of drug-likeness (QED) is 0.534. The van der Waals surface area contributed by atoms with Crippen LogP contribution in [0.2, 0.25) is 0 Å². The van der Waals surface area contributed by atoms with Gasteiger partial charge in [0.2, 0.25) is 17.9 Å². The van der Waals surface area contributed by atoms with E-state index in [0.717, 1.165) is 6.42 Å². The Morgan fingerprint density at radius 1 is 0.944 bits per heavy atom. The summed E-state index contributed by atoms with van der Waals surface area (Å²) in [5.41, 5.74) is -4.72. The highest BCUT2D eigenvalue weighted by molar-refractivity contribution is 5.42. The fourth-order valence-corrected chi connectivity index (χ4v) is 4.56. The number of carbonyl (C=O) groups excluding carboxylic acids is 2. The van der Waals surface area contributed by atoms with Crippen molar-refractivity contribution in [2.75, 3.05) is 0 Å². The molecular weight excluding hydrogens is 236 g/mol. The highest BCUT2D eigenvalue weighted by Crippen LogP contribution is 2.63. The Morgan fingerprint density at radius 2 is 1.50 bits per heavy atom. The maximum absolute atomic E-state index is 10.7. The molecule has 0 aromatic heterocycles. The van der Waals surface area contributed by atoms with E-state index in [1.54, 1.807) is 0 Å². The van der Waals surface area contributed by atoms with E-state index in [9.17, 15) is 19.8 Å². The Morgan fingerprint density at radius 3 is 2.00 bits per heavy atom. The van der Waals surface area contributed by atoms with Crippen molar-refractivity contribution in [1.29, 1.82) is 0 Å². The predicted octanol–water partition coefficient (Wildman–Crippen LogP) is 0.0402. The van der Waals surface area contributed by atoms with Gasteiger partial charge in [0.1, 0.15) is 11.1 Å². The van der Waals surface area contributed by atoms with Crippen molar-refractivity contribution >= 4 is 12.2 Å². The zero-order valence-corrected chi connectivity index (χ0v) is 9.80. The van der Waals surface area contributed by atoms with Crippen molar-refractivity contribution in [3.8, 4) is 0 Å². The second-order valence-electron chi connectivity index (χ2n) is 5.93. The fourth-order valence-electron chi connectivity index (χ4n) is 4.56. The Balaban J connectivity index is 2.21. The van der Waals surface area contributed by atoms with Gasteiger partial charge in [-0.1, -0.05) is 0 Å². The first-order valence-corrected chi connectivity index (χ1v) is 6.11. The van der Waals surface area contributed by atoms with E-state index in [1.807, 2.05) is 0 Å². The summed E-state index contributed by atoms with van der Waals surface area (Å²) in [6.07, 6.45) is 5.46. The van der Waals surface area contributed by atoms with Crippen molar-refractivity contribution < 1.29 is 19.8 Å². The predicted molar refractivity (Wildman–Crippen MR) is 58.9 cm³/mol. The molecule has 18 heavy (non-hydrogen) atoms. The molecule has 0 heterocycles. The van der Waals surface area contributed by atoms with Crippen LogP contribution in [0, 0.1) is 11.8 Å². The van der Waals surface area contributed by atoms with Gasteiger partial charge in [0.25, 0.3) is 0 Å². The van der Waals surface area contributed by atoms with Crippen LogP contribution in [-0.4, -0.2) is 39.2 Å². The van der Waals surface area contributed by atoms with E-state index in [1.165, 1.54) is 12.2 Å². The van der Waals surface area contributed by atoms with Crippen LogP contribution in [0.25, 0.3) is 0 Å². The largest absolute Gasteiger partial charge is 0.385 e. The smallest absolute Gasteiger partial charge is 0.238 e. The third-order valence-electron chi connectivity index (χ3n) is 4.94. The van der Waals surface area contributed by atoms with E-state index in [-0.39, 0.29) is 11.8 Å². The molecule has 4 fully saturated rings. The molecule has 3 unspecified atom stereocenters. The molecule has 0 spiro atoms. The van der Waals surface area contributed by atoms with Crippen molar-refractivity contribution in [1.82, 2.24) is 0 Å². The van der Waals surface area contributed by atoms with Crippen LogP contribution in [-0.2, 0) is 9.59 Å². The Labute approximate surface area is 103 Å². The van der Waals surface area contributed by atoms with Gasteiger partial charge in [0, 0.05) is 0 Å². The molecule has 6 nitrogen and oxygen atoms in total. The minimum Gasteiger partial charge on any atom is -0.385 e. The molecular formula is C12H14N2O4. The van der Waals surface area contributed by atoms with Crippen molar-refractivity contribution in [2.45, 2.75) is 49.0 Å². The number of aliphatic hydroxyl groups is 2. The maximum Gasteiger partial charge on any atom is 0.238 e. The third-order valence-corrected chi connectivity index (χ3v) is 4.94. The molecule has 0 aromatic carbocycles. The summed E-state index contributed by atoms with van der Waals surface area (Å²) in [7, 11) is 0. The van der Waals surface area contributed by atoms with E-state index in [2.05, 4.69) is 9.98 Å². The highest BCUT2D eigenvalue weighted by atomic mass is 16.4. The summed E-state index contributed by atoms with van der Waals surface area (Å²) in [4.78, 5) is 28.4. The molecule has 4 saturated carbocycles. The number of nitrogens with zero attached hydrogens (tertiary/aromatic N) is 2. The van der Waals surface area contributed by atoms with Gasteiger partial charge in [-0.15, -0.1) is 0 Å². The molecule has 0 saturated heterocycles. The number of aliphatic imine (C=N–C) groups is 2. The second kappa shape index (κ2) is 3.37. The molecule has 4 bridgehead atoms. The summed E-state index contributed by atoms with van der Waals surface area (Å²) < 4.78 is 0. The van der Waals surface area contributed by atoms with Crippen LogP contribution < -0.4 is 0 Å². The summed E-state index contributed by atoms with van der Waals surface area (Å²) in [6, 6.07) is 0. The van der Waals surface area contributed by atoms with Gasteiger partial charge in [0.15, 0.2) is 0 Å². The van der Waals surface area contributed by atoms with Gasteiger partial charge in [-0.05, 0) is 43.9 Å². The minimum absolute atomic E-state index is 0.210. The van der Waals surface area contributed by atoms with Crippen LogP contribution in [0.1, 0.15) is 32.1 Å². The first-order valence-electron chi connectivity index (χ1n) is 6.11. The van der Waals surface area contributed by atoms with Crippen LogP contribution in [0.5, 0.6) is 0 Å². The van der Waals surface area contributed by atoms with E-state index >= 15 is 0 Å². The van der Waals surface area contributed by atoms with Gasteiger partial charge in [-0.3, -0.25) is 0 Å². The highest BCUT2D eigenvalue weighted by Gasteiger charge is 2.73. The number of hydrogen-bond donors (Lipinski definition) is 2. The Hall–Kier alpha value is -1.32.